The minimum absolute atomic E-state index is 0.359. The molecule has 0 unspecified atom stereocenters. The number of pyridine rings is 1. The highest BCUT2D eigenvalue weighted by Crippen LogP contribution is 2.36. The van der Waals surface area contributed by atoms with E-state index < -0.39 is 7.12 Å². The Morgan fingerprint density at radius 2 is 1.74 bits per heavy atom. The first-order chi connectivity index (χ1) is 8.80. The van der Waals surface area contributed by atoms with Crippen LogP contribution in [0.1, 0.15) is 27.7 Å². The molecule has 0 amide bonds. The third-order valence-electron chi connectivity index (χ3n) is 3.85. The van der Waals surface area contributed by atoms with E-state index in [-0.39, 0.29) is 11.2 Å². The average Bonchev–Trinajstić information content (AvgIpc) is 2.57. The molecule has 1 saturated heterocycles. The van der Waals surface area contributed by atoms with Crippen LogP contribution in [-0.2, 0) is 9.31 Å². The number of hydrogen-bond donors (Lipinski definition) is 1. The van der Waals surface area contributed by atoms with E-state index in [1.54, 1.807) is 13.2 Å². The number of anilines is 1. The molecule has 1 aromatic rings. The molecule has 0 bridgehead atoms. The molecule has 2 rings (SSSR count). The van der Waals surface area contributed by atoms with Crippen LogP contribution in [0.15, 0.2) is 12.1 Å². The fourth-order valence-electron chi connectivity index (χ4n) is 1.93. The van der Waals surface area contributed by atoms with E-state index in [2.05, 4.69) is 10.3 Å². The van der Waals surface area contributed by atoms with Crippen LogP contribution in [-0.4, -0.2) is 37.5 Å². The number of methoxy groups -OCH3 is 1. The summed E-state index contributed by atoms with van der Waals surface area (Å²) in [5.41, 5.74) is 0.160. The molecule has 1 N–H and O–H groups in total. The van der Waals surface area contributed by atoms with Crippen molar-refractivity contribution < 1.29 is 14.0 Å². The Balaban J connectivity index is 2.34. The van der Waals surface area contributed by atoms with Crippen molar-refractivity contribution >= 4 is 18.4 Å². The first-order valence-electron chi connectivity index (χ1n) is 6.39. The van der Waals surface area contributed by atoms with Gasteiger partial charge in [-0.05, 0) is 27.7 Å². The third-order valence-corrected chi connectivity index (χ3v) is 3.85. The van der Waals surface area contributed by atoms with Crippen molar-refractivity contribution in [3.05, 3.63) is 12.1 Å². The highest BCUT2D eigenvalue weighted by molar-refractivity contribution is 6.63. The molecule has 0 spiro atoms. The topological polar surface area (TPSA) is 52.6 Å². The Labute approximate surface area is 114 Å². The lowest BCUT2D eigenvalue weighted by molar-refractivity contribution is 0.00578. The lowest BCUT2D eigenvalue weighted by Crippen LogP contribution is -2.41. The van der Waals surface area contributed by atoms with Gasteiger partial charge >= 0.3 is 7.12 Å². The normalized spacial score (nSPS) is 20.4. The predicted octanol–water partition coefficient (Wildman–Crippen LogP) is 1.43. The van der Waals surface area contributed by atoms with Crippen LogP contribution < -0.4 is 15.5 Å². The number of rotatable bonds is 3. The number of hydrogen-bond acceptors (Lipinski definition) is 5. The summed E-state index contributed by atoms with van der Waals surface area (Å²) in [6, 6.07) is 3.72. The van der Waals surface area contributed by atoms with E-state index in [4.69, 9.17) is 14.0 Å². The van der Waals surface area contributed by atoms with E-state index in [9.17, 15) is 0 Å². The van der Waals surface area contributed by atoms with Crippen molar-refractivity contribution in [1.82, 2.24) is 4.98 Å². The minimum atomic E-state index is -0.425. The molecule has 0 atom stereocenters. The van der Waals surface area contributed by atoms with E-state index in [1.807, 2.05) is 40.8 Å². The maximum Gasteiger partial charge on any atom is 0.498 e. The molecule has 5 nitrogen and oxygen atoms in total. The van der Waals surface area contributed by atoms with Gasteiger partial charge in [-0.2, -0.15) is 4.98 Å². The largest absolute Gasteiger partial charge is 0.498 e. The van der Waals surface area contributed by atoms with Crippen LogP contribution in [0, 0.1) is 0 Å². The van der Waals surface area contributed by atoms with Crippen molar-refractivity contribution in [1.29, 1.82) is 0 Å². The van der Waals surface area contributed by atoms with Gasteiger partial charge in [0.15, 0.2) is 0 Å². The molecule has 2 heterocycles. The van der Waals surface area contributed by atoms with Crippen molar-refractivity contribution in [3.8, 4) is 5.88 Å². The molecule has 0 radical (unpaired) electrons. The van der Waals surface area contributed by atoms with Crippen LogP contribution in [0.25, 0.3) is 0 Å². The number of ether oxygens (including phenoxy) is 1. The Kier molecular flexibility index (Phi) is 3.49. The molecule has 19 heavy (non-hydrogen) atoms. The summed E-state index contributed by atoms with van der Waals surface area (Å²) in [5.74, 6) is 1.27. The quantitative estimate of drug-likeness (QED) is 0.837. The van der Waals surface area contributed by atoms with Gasteiger partial charge in [-0.15, -0.1) is 0 Å². The van der Waals surface area contributed by atoms with Crippen LogP contribution in [0.2, 0.25) is 0 Å². The van der Waals surface area contributed by atoms with Crippen molar-refractivity contribution in [2.75, 3.05) is 19.5 Å². The fraction of sp³-hybridized carbons (Fsp3) is 0.615. The van der Waals surface area contributed by atoms with Gasteiger partial charge in [0.1, 0.15) is 5.82 Å². The molecule has 0 aliphatic carbocycles. The summed E-state index contributed by atoms with van der Waals surface area (Å²) in [6.45, 7) is 8.12. The summed E-state index contributed by atoms with van der Waals surface area (Å²) in [4.78, 5) is 4.36. The second-order valence-corrected chi connectivity index (χ2v) is 5.63. The van der Waals surface area contributed by atoms with Gasteiger partial charge < -0.3 is 19.4 Å². The first-order valence-corrected chi connectivity index (χ1v) is 6.39. The SMILES string of the molecule is CNc1nc(OC)ccc1B1OC(C)(C)C(C)(C)O1. The zero-order chi connectivity index (χ0) is 14.3. The van der Waals surface area contributed by atoms with Gasteiger partial charge in [-0.1, -0.05) is 6.07 Å². The second-order valence-electron chi connectivity index (χ2n) is 5.63. The lowest BCUT2D eigenvalue weighted by atomic mass is 9.79. The third kappa shape index (κ3) is 2.42. The highest BCUT2D eigenvalue weighted by atomic mass is 16.7. The molecule has 104 valence electrons. The summed E-state index contributed by atoms with van der Waals surface area (Å²) < 4.78 is 17.2. The molecule has 1 fully saturated rings. The lowest BCUT2D eigenvalue weighted by Gasteiger charge is -2.32. The monoisotopic (exact) mass is 264 g/mol. The zero-order valence-corrected chi connectivity index (χ0v) is 12.4. The van der Waals surface area contributed by atoms with Gasteiger partial charge in [0, 0.05) is 18.6 Å². The Morgan fingerprint density at radius 3 is 2.21 bits per heavy atom. The van der Waals surface area contributed by atoms with Crippen LogP contribution >= 0.6 is 0 Å². The molecule has 0 aromatic carbocycles. The van der Waals surface area contributed by atoms with E-state index in [0.29, 0.717) is 11.7 Å². The standard InChI is InChI=1S/C13H21BN2O3/c1-12(2)13(3,4)19-14(18-12)9-7-8-10(17-6)16-11(9)15-5/h7-8H,1-6H3,(H,15,16). The summed E-state index contributed by atoms with van der Waals surface area (Å²) in [5, 5.41) is 3.05. The number of nitrogens with zero attached hydrogens (tertiary/aromatic N) is 1. The Hall–Kier alpha value is -1.27. The molecule has 1 aliphatic rings. The smallest absolute Gasteiger partial charge is 0.481 e. The van der Waals surface area contributed by atoms with Gasteiger partial charge in [0.2, 0.25) is 5.88 Å². The van der Waals surface area contributed by atoms with E-state index in [1.165, 1.54) is 0 Å². The van der Waals surface area contributed by atoms with Gasteiger partial charge in [-0.25, -0.2) is 0 Å². The van der Waals surface area contributed by atoms with Crippen molar-refractivity contribution in [2.45, 2.75) is 38.9 Å². The number of nitrogens with one attached hydrogen (secondary N) is 1. The second kappa shape index (κ2) is 4.69. The Morgan fingerprint density at radius 1 is 1.16 bits per heavy atom. The molecule has 6 heteroatoms. The predicted molar refractivity (Wildman–Crippen MR) is 76.1 cm³/mol. The minimum Gasteiger partial charge on any atom is -0.481 e. The molecule has 1 aliphatic heterocycles. The van der Waals surface area contributed by atoms with Gasteiger partial charge in [0.25, 0.3) is 0 Å². The van der Waals surface area contributed by atoms with Gasteiger partial charge in [-0.3, -0.25) is 0 Å². The van der Waals surface area contributed by atoms with E-state index >= 15 is 0 Å². The molecule has 1 aromatic heterocycles. The number of aromatic nitrogens is 1. The van der Waals surface area contributed by atoms with Crippen LogP contribution in [0.4, 0.5) is 5.82 Å². The molecular formula is C13H21BN2O3. The summed E-state index contributed by atoms with van der Waals surface area (Å²) >= 11 is 0. The van der Waals surface area contributed by atoms with Gasteiger partial charge in [0.05, 0.1) is 18.3 Å². The zero-order valence-electron chi connectivity index (χ0n) is 12.4. The van der Waals surface area contributed by atoms with Crippen molar-refractivity contribution in [3.63, 3.8) is 0 Å². The molecular weight excluding hydrogens is 243 g/mol. The molecule has 0 saturated carbocycles. The maximum absolute atomic E-state index is 6.02. The van der Waals surface area contributed by atoms with Crippen molar-refractivity contribution in [2.24, 2.45) is 0 Å². The first kappa shape index (κ1) is 14.2. The summed E-state index contributed by atoms with van der Waals surface area (Å²) in [7, 11) is 2.98. The maximum atomic E-state index is 6.02. The summed E-state index contributed by atoms with van der Waals surface area (Å²) in [6.07, 6.45) is 0. The van der Waals surface area contributed by atoms with E-state index in [0.717, 1.165) is 5.46 Å². The fourth-order valence-corrected chi connectivity index (χ4v) is 1.93. The van der Waals surface area contributed by atoms with Crippen LogP contribution in [0.5, 0.6) is 5.88 Å². The Bertz CT molecular complexity index is 461. The van der Waals surface area contributed by atoms with Crippen LogP contribution in [0.3, 0.4) is 0 Å². The highest BCUT2D eigenvalue weighted by Gasteiger charge is 2.52. The average molecular weight is 264 g/mol.